The molecular formula is C13H22N2O. The van der Waals surface area contributed by atoms with Gasteiger partial charge in [-0.2, -0.15) is 0 Å². The largest absolute Gasteiger partial charge is 0.497 e. The van der Waals surface area contributed by atoms with E-state index in [1.165, 1.54) is 5.56 Å². The fourth-order valence-electron chi connectivity index (χ4n) is 1.44. The minimum atomic E-state index is -0.187. The topological polar surface area (TPSA) is 47.3 Å². The van der Waals surface area contributed by atoms with Gasteiger partial charge in [-0.1, -0.05) is 12.1 Å². The second-order valence-corrected chi connectivity index (χ2v) is 4.87. The average Bonchev–Trinajstić information content (AvgIpc) is 2.25. The molecule has 0 saturated carbocycles. The van der Waals surface area contributed by atoms with E-state index in [9.17, 15) is 0 Å². The van der Waals surface area contributed by atoms with Crippen LogP contribution in [0.4, 0.5) is 0 Å². The number of nitrogens with two attached hydrogens (primary N) is 1. The zero-order chi connectivity index (χ0) is 12.2. The normalized spacial score (nSPS) is 13.6. The fraction of sp³-hybridized carbons (Fsp3) is 0.538. The van der Waals surface area contributed by atoms with Crippen LogP contribution in [0, 0.1) is 0 Å². The predicted molar refractivity (Wildman–Crippen MR) is 67.7 cm³/mol. The predicted octanol–water partition coefficient (Wildman–Crippen LogP) is 2.08. The lowest BCUT2D eigenvalue weighted by atomic mass is 10.0. The van der Waals surface area contributed by atoms with Gasteiger partial charge in [0, 0.05) is 18.1 Å². The number of nitrogens with one attached hydrogen (secondary N) is 1. The Kier molecular flexibility index (Phi) is 4.33. The van der Waals surface area contributed by atoms with Crippen molar-refractivity contribution in [3.05, 3.63) is 29.8 Å². The number of methoxy groups -OCH3 is 1. The Morgan fingerprint density at radius 3 is 2.69 bits per heavy atom. The van der Waals surface area contributed by atoms with E-state index >= 15 is 0 Å². The lowest BCUT2D eigenvalue weighted by molar-refractivity contribution is 0.410. The molecule has 0 amide bonds. The highest BCUT2D eigenvalue weighted by atomic mass is 16.5. The first-order chi connectivity index (χ1) is 7.42. The maximum absolute atomic E-state index is 5.93. The molecule has 3 nitrogen and oxygen atoms in total. The van der Waals surface area contributed by atoms with Gasteiger partial charge in [-0.15, -0.1) is 0 Å². The summed E-state index contributed by atoms with van der Waals surface area (Å²) in [6.07, 6.45) is 0. The molecular weight excluding hydrogens is 200 g/mol. The summed E-state index contributed by atoms with van der Waals surface area (Å²) < 4.78 is 5.20. The summed E-state index contributed by atoms with van der Waals surface area (Å²) in [4.78, 5) is 0. The SMILES string of the molecule is COc1cccc(C(C)NCC(C)(C)N)c1. The summed E-state index contributed by atoms with van der Waals surface area (Å²) >= 11 is 0. The smallest absolute Gasteiger partial charge is 0.119 e. The molecule has 0 heterocycles. The third-order valence-electron chi connectivity index (χ3n) is 2.46. The molecule has 1 atom stereocenters. The Hall–Kier alpha value is -1.06. The summed E-state index contributed by atoms with van der Waals surface area (Å²) in [5, 5.41) is 3.41. The van der Waals surface area contributed by atoms with Gasteiger partial charge in [-0.05, 0) is 38.5 Å². The van der Waals surface area contributed by atoms with Gasteiger partial charge >= 0.3 is 0 Å². The van der Waals surface area contributed by atoms with Gasteiger partial charge in [0.2, 0.25) is 0 Å². The minimum Gasteiger partial charge on any atom is -0.497 e. The van der Waals surface area contributed by atoms with Gasteiger partial charge in [-0.3, -0.25) is 0 Å². The van der Waals surface area contributed by atoms with E-state index in [4.69, 9.17) is 10.5 Å². The number of hydrogen-bond acceptors (Lipinski definition) is 3. The van der Waals surface area contributed by atoms with Crippen molar-refractivity contribution >= 4 is 0 Å². The molecule has 0 spiro atoms. The van der Waals surface area contributed by atoms with Crippen molar-refractivity contribution in [1.82, 2.24) is 5.32 Å². The van der Waals surface area contributed by atoms with Crippen LogP contribution in [-0.4, -0.2) is 19.2 Å². The van der Waals surface area contributed by atoms with Crippen molar-refractivity contribution in [2.24, 2.45) is 5.73 Å². The van der Waals surface area contributed by atoms with Crippen molar-refractivity contribution in [3.63, 3.8) is 0 Å². The van der Waals surface area contributed by atoms with Gasteiger partial charge < -0.3 is 15.8 Å². The second-order valence-electron chi connectivity index (χ2n) is 4.87. The molecule has 1 rings (SSSR count). The summed E-state index contributed by atoms with van der Waals surface area (Å²) in [5.74, 6) is 0.887. The number of rotatable bonds is 5. The first-order valence-corrected chi connectivity index (χ1v) is 5.58. The Balaban J connectivity index is 2.62. The molecule has 0 aliphatic carbocycles. The van der Waals surface area contributed by atoms with Crippen LogP contribution in [0.3, 0.4) is 0 Å². The Morgan fingerprint density at radius 1 is 1.44 bits per heavy atom. The van der Waals surface area contributed by atoms with E-state index in [-0.39, 0.29) is 11.6 Å². The Bertz CT molecular complexity index is 331. The molecule has 3 N–H and O–H groups in total. The zero-order valence-electron chi connectivity index (χ0n) is 10.6. The maximum atomic E-state index is 5.93. The molecule has 1 unspecified atom stereocenters. The number of hydrogen-bond donors (Lipinski definition) is 2. The summed E-state index contributed by atoms with van der Waals surface area (Å²) in [6.45, 7) is 6.93. The van der Waals surface area contributed by atoms with Crippen molar-refractivity contribution < 1.29 is 4.74 Å². The highest BCUT2D eigenvalue weighted by molar-refractivity contribution is 5.30. The third kappa shape index (κ3) is 4.21. The summed E-state index contributed by atoms with van der Waals surface area (Å²) in [6, 6.07) is 8.35. The van der Waals surface area contributed by atoms with E-state index in [0.29, 0.717) is 0 Å². The minimum absolute atomic E-state index is 0.187. The van der Waals surface area contributed by atoms with Gasteiger partial charge in [0.1, 0.15) is 5.75 Å². The van der Waals surface area contributed by atoms with E-state index in [1.54, 1.807) is 7.11 Å². The number of ether oxygens (including phenoxy) is 1. The van der Waals surface area contributed by atoms with E-state index in [1.807, 2.05) is 32.0 Å². The average molecular weight is 222 g/mol. The monoisotopic (exact) mass is 222 g/mol. The number of benzene rings is 1. The highest BCUT2D eigenvalue weighted by Gasteiger charge is 2.13. The van der Waals surface area contributed by atoms with Crippen LogP contribution < -0.4 is 15.8 Å². The van der Waals surface area contributed by atoms with Gasteiger partial charge in [0.15, 0.2) is 0 Å². The Labute approximate surface area is 98.0 Å². The first kappa shape index (κ1) is 13.0. The van der Waals surface area contributed by atoms with Crippen molar-refractivity contribution in [2.45, 2.75) is 32.4 Å². The zero-order valence-corrected chi connectivity index (χ0v) is 10.6. The van der Waals surface area contributed by atoms with Crippen molar-refractivity contribution in [2.75, 3.05) is 13.7 Å². The van der Waals surface area contributed by atoms with E-state index in [2.05, 4.69) is 18.3 Å². The maximum Gasteiger partial charge on any atom is 0.119 e. The molecule has 3 heteroatoms. The van der Waals surface area contributed by atoms with Gasteiger partial charge in [0.05, 0.1) is 7.11 Å². The Morgan fingerprint density at radius 2 is 2.12 bits per heavy atom. The lowest BCUT2D eigenvalue weighted by Crippen LogP contribution is -2.43. The van der Waals surface area contributed by atoms with Crippen LogP contribution in [0.1, 0.15) is 32.4 Å². The molecule has 16 heavy (non-hydrogen) atoms. The van der Waals surface area contributed by atoms with Crippen LogP contribution in [-0.2, 0) is 0 Å². The molecule has 1 aromatic carbocycles. The quantitative estimate of drug-likeness (QED) is 0.802. The summed E-state index contributed by atoms with van der Waals surface area (Å²) in [5.41, 5.74) is 6.96. The molecule has 0 aromatic heterocycles. The molecule has 90 valence electrons. The lowest BCUT2D eigenvalue weighted by Gasteiger charge is -2.23. The first-order valence-electron chi connectivity index (χ1n) is 5.58. The van der Waals surface area contributed by atoms with Crippen LogP contribution in [0.5, 0.6) is 5.75 Å². The third-order valence-corrected chi connectivity index (χ3v) is 2.46. The van der Waals surface area contributed by atoms with E-state index in [0.717, 1.165) is 12.3 Å². The van der Waals surface area contributed by atoms with Gasteiger partial charge in [-0.25, -0.2) is 0 Å². The summed E-state index contributed by atoms with van der Waals surface area (Å²) in [7, 11) is 1.68. The molecule has 1 aromatic rings. The van der Waals surface area contributed by atoms with Crippen molar-refractivity contribution in [3.8, 4) is 5.75 Å². The molecule has 0 aliphatic heterocycles. The van der Waals surface area contributed by atoms with Crippen LogP contribution in [0.2, 0.25) is 0 Å². The van der Waals surface area contributed by atoms with Crippen LogP contribution >= 0.6 is 0 Å². The van der Waals surface area contributed by atoms with Gasteiger partial charge in [0.25, 0.3) is 0 Å². The van der Waals surface area contributed by atoms with Crippen molar-refractivity contribution in [1.29, 1.82) is 0 Å². The standard InChI is InChI=1S/C13H22N2O/c1-10(15-9-13(2,3)14)11-6-5-7-12(8-11)16-4/h5-8,10,15H,9,14H2,1-4H3. The highest BCUT2D eigenvalue weighted by Crippen LogP contribution is 2.18. The van der Waals surface area contributed by atoms with Crippen LogP contribution in [0.15, 0.2) is 24.3 Å². The molecule has 0 saturated heterocycles. The second kappa shape index (κ2) is 5.32. The molecule has 0 aliphatic rings. The molecule has 0 radical (unpaired) electrons. The van der Waals surface area contributed by atoms with Crippen LogP contribution in [0.25, 0.3) is 0 Å². The fourth-order valence-corrected chi connectivity index (χ4v) is 1.44. The molecule has 0 bridgehead atoms. The molecule has 0 fully saturated rings. The van der Waals surface area contributed by atoms with E-state index < -0.39 is 0 Å².